The molecule has 0 spiro atoms. The number of hydrogen-bond donors (Lipinski definition) is 2. The molecule has 0 saturated carbocycles. The number of quaternary nitrogens is 1. The largest absolute Gasteiger partial charge is 0.481 e. The Kier molecular flexibility index (Phi) is 17.7. The van der Waals surface area contributed by atoms with Gasteiger partial charge >= 0.3 is 0 Å². The van der Waals surface area contributed by atoms with E-state index >= 15 is 0 Å². The first-order valence-electron chi connectivity index (χ1n) is 5.46. The Hall–Kier alpha value is -1.10. The van der Waals surface area contributed by atoms with Gasteiger partial charge in [0.1, 0.15) is 0 Å². The van der Waals surface area contributed by atoms with Gasteiger partial charge in [0.2, 0.25) is 6.41 Å². The van der Waals surface area contributed by atoms with Gasteiger partial charge in [0.05, 0.1) is 27.7 Å². The van der Waals surface area contributed by atoms with Crippen molar-refractivity contribution < 1.29 is 19.2 Å². The summed E-state index contributed by atoms with van der Waals surface area (Å²) >= 11 is 0. The van der Waals surface area contributed by atoms with Crippen molar-refractivity contribution in [1.29, 1.82) is 0 Å². The fourth-order valence-electron chi connectivity index (χ4n) is 0.714. The molecule has 0 radical (unpaired) electrons. The molecular weight excluding hydrogens is 208 g/mol. The number of nitrogens with one attached hydrogen (secondary N) is 1. The maximum Gasteiger partial charge on any atom is 0.300 e. The van der Waals surface area contributed by atoms with Crippen LogP contribution < -0.4 is 5.32 Å². The highest BCUT2D eigenvalue weighted by Gasteiger charge is 2.04. The van der Waals surface area contributed by atoms with E-state index in [1.165, 1.54) is 0 Å². The van der Waals surface area contributed by atoms with Crippen LogP contribution in [0.15, 0.2) is 0 Å². The van der Waals surface area contributed by atoms with Crippen molar-refractivity contribution in [2.75, 3.05) is 34.2 Å². The number of amides is 1. The van der Waals surface area contributed by atoms with Crippen LogP contribution in [0.1, 0.15) is 27.2 Å². The second-order valence-corrected chi connectivity index (χ2v) is 3.96. The Balaban J connectivity index is -0.000000237. The molecule has 0 unspecified atom stereocenters. The molecule has 0 aromatic heterocycles. The standard InChI is InChI=1S/C7H16N2O.C2H4O2.C2H6/c1-9(2,3)6-4-5-8-7-10;1-2(3)4;1-2/h7H,4-6H2,1-3H3;1H3,(H,3,4);1-2H3/p+1. The van der Waals surface area contributed by atoms with Gasteiger partial charge in [0, 0.05) is 19.9 Å². The van der Waals surface area contributed by atoms with Crippen LogP contribution in [0.5, 0.6) is 0 Å². The van der Waals surface area contributed by atoms with Crippen LogP contribution in [0.4, 0.5) is 0 Å². The lowest BCUT2D eigenvalue weighted by Gasteiger charge is -2.23. The molecule has 0 heterocycles. The van der Waals surface area contributed by atoms with Crippen LogP contribution in [0.25, 0.3) is 0 Å². The van der Waals surface area contributed by atoms with Crippen molar-refractivity contribution in [3.8, 4) is 0 Å². The Morgan fingerprint density at radius 2 is 1.69 bits per heavy atom. The van der Waals surface area contributed by atoms with Gasteiger partial charge in [-0.15, -0.1) is 0 Å². The highest BCUT2D eigenvalue weighted by Crippen LogP contribution is 1.90. The van der Waals surface area contributed by atoms with Gasteiger partial charge in [-0.1, -0.05) is 13.8 Å². The number of carboxylic acid groups (broad SMARTS) is 1. The molecule has 0 atom stereocenters. The molecule has 0 aliphatic heterocycles. The van der Waals surface area contributed by atoms with Crippen molar-refractivity contribution in [3.05, 3.63) is 0 Å². The molecule has 5 nitrogen and oxygen atoms in total. The fourth-order valence-corrected chi connectivity index (χ4v) is 0.714. The zero-order chi connectivity index (χ0) is 13.6. The zero-order valence-corrected chi connectivity index (χ0v) is 11.4. The lowest BCUT2D eigenvalue weighted by atomic mass is 10.4. The summed E-state index contributed by atoms with van der Waals surface area (Å²) in [5.41, 5.74) is 0. The molecule has 0 rings (SSSR count). The van der Waals surface area contributed by atoms with Crippen molar-refractivity contribution in [3.63, 3.8) is 0 Å². The summed E-state index contributed by atoms with van der Waals surface area (Å²) < 4.78 is 0.959. The number of carbonyl (C=O) groups excluding carboxylic acids is 1. The summed E-state index contributed by atoms with van der Waals surface area (Å²) in [7, 11) is 6.42. The van der Waals surface area contributed by atoms with E-state index in [4.69, 9.17) is 9.90 Å². The molecule has 5 heteroatoms. The maximum absolute atomic E-state index is 9.81. The van der Waals surface area contributed by atoms with Crippen LogP contribution in [0.3, 0.4) is 0 Å². The minimum Gasteiger partial charge on any atom is -0.481 e. The summed E-state index contributed by atoms with van der Waals surface area (Å²) in [5.74, 6) is -0.833. The van der Waals surface area contributed by atoms with Crippen molar-refractivity contribution in [1.82, 2.24) is 5.32 Å². The molecule has 2 N–H and O–H groups in total. The average molecular weight is 235 g/mol. The molecule has 0 aromatic carbocycles. The van der Waals surface area contributed by atoms with Gasteiger partial charge in [-0.2, -0.15) is 0 Å². The highest BCUT2D eigenvalue weighted by molar-refractivity contribution is 5.62. The Bertz CT molecular complexity index is 161. The molecule has 0 saturated heterocycles. The maximum atomic E-state index is 9.81. The lowest BCUT2D eigenvalue weighted by molar-refractivity contribution is -0.870. The Morgan fingerprint density at radius 3 is 1.94 bits per heavy atom. The van der Waals surface area contributed by atoms with Gasteiger partial charge < -0.3 is 14.9 Å². The van der Waals surface area contributed by atoms with E-state index in [1.54, 1.807) is 0 Å². The summed E-state index contributed by atoms with van der Waals surface area (Å²) in [6, 6.07) is 0. The van der Waals surface area contributed by atoms with E-state index in [0.717, 1.165) is 37.3 Å². The third kappa shape index (κ3) is 52.5. The number of rotatable bonds is 5. The van der Waals surface area contributed by atoms with Crippen LogP contribution in [-0.2, 0) is 9.59 Å². The summed E-state index contributed by atoms with van der Waals surface area (Å²) in [6.45, 7) is 6.97. The molecular formula is C11H27N2O3+. The molecule has 0 aliphatic carbocycles. The van der Waals surface area contributed by atoms with Crippen LogP contribution in [0, 0.1) is 0 Å². The van der Waals surface area contributed by atoms with E-state index in [-0.39, 0.29) is 0 Å². The third-order valence-corrected chi connectivity index (χ3v) is 1.23. The number of hydrogen-bond acceptors (Lipinski definition) is 2. The van der Waals surface area contributed by atoms with Gasteiger partial charge in [-0.3, -0.25) is 9.59 Å². The van der Waals surface area contributed by atoms with Crippen molar-refractivity contribution >= 4 is 12.4 Å². The number of nitrogens with zero attached hydrogens (tertiary/aromatic N) is 1. The summed E-state index contributed by atoms with van der Waals surface area (Å²) in [6.07, 6.45) is 1.79. The molecule has 0 aliphatic rings. The molecule has 0 bridgehead atoms. The SMILES string of the molecule is CC.CC(=O)O.C[N+](C)(C)CCCNC=O. The van der Waals surface area contributed by atoms with Gasteiger partial charge in [-0.05, 0) is 0 Å². The topological polar surface area (TPSA) is 66.4 Å². The first-order chi connectivity index (χ1) is 7.29. The van der Waals surface area contributed by atoms with Gasteiger partial charge in [0.15, 0.2) is 0 Å². The molecule has 98 valence electrons. The Labute approximate surface area is 99.0 Å². The normalized spacial score (nSPS) is 8.88. The monoisotopic (exact) mass is 235 g/mol. The molecule has 1 amide bonds. The van der Waals surface area contributed by atoms with Gasteiger partial charge in [0.25, 0.3) is 5.97 Å². The molecule has 0 aromatic rings. The fraction of sp³-hybridized carbons (Fsp3) is 0.818. The van der Waals surface area contributed by atoms with E-state index in [2.05, 4.69) is 26.5 Å². The predicted molar refractivity (Wildman–Crippen MR) is 66.2 cm³/mol. The molecule has 0 fully saturated rings. The summed E-state index contributed by atoms with van der Waals surface area (Å²) in [4.78, 5) is 18.8. The quantitative estimate of drug-likeness (QED) is 0.423. The minimum atomic E-state index is -0.833. The minimum absolute atomic E-state index is 0.746. The highest BCUT2D eigenvalue weighted by atomic mass is 16.4. The second-order valence-electron chi connectivity index (χ2n) is 3.96. The average Bonchev–Trinajstić information content (AvgIpc) is 2.13. The number of carboxylic acids is 1. The predicted octanol–water partition coefficient (Wildman–Crippen LogP) is 0.946. The van der Waals surface area contributed by atoms with Gasteiger partial charge in [-0.25, -0.2) is 0 Å². The third-order valence-electron chi connectivity index (χ3n) is 1.23. The number of carbonyl (C=O) groups is 2. The molecule has 16 heavy (non-hydrogen) atoms. The smallest absolute Gasteiger partial charge is 0.300 e. The Morgan fingerprint density at radius 1 is 1.31 bits per heavy atom. The van der Waals surface area contributed by atoms with Crippen molar-refractivity contribution in [2.45, 2.75) is 27.2 Å². The number of aliphatic carboxylic acids is 1. The van der Waals surface area contributed by atoms with Crippen LogP contribution >= 0.6 is 0 Å². The van der Waals surface area contributed by atoms with E-state index < -0.39 is 5.97 Å². The van der Waals surface area contributed by atoms with E-state index in [1.807, 2.05) is 13.8 Å². The van der Waals surface area contributed by atoms with Crippen LogP contribution in [-0.4, -0.2) is 56.2 Å². The van der Waals surface area contributed by atoms with E-state index in [9.17, 15) is 4.79 Å². The summed E-state index contributed by atoms with van der Waals surface area (Å²) in [5, 5.41) is 10.0. The lowest BCUT2D eigenvalue weighted by Crippen LogP contribution is -2.36. The second kappa shape index (κ2) is 13.9. The first-order valence-corrected chi connectivity index (χ1v) is 5.46. The van der Waals surface area contributed by atoms with E-state index in [0.29, 0.717) is 0 Å². The van der Waals surface area contributed by atoms with Crippen molar-refractivity contribution in [2.24, 2.45) is 0 Å². The zero-order valence-electron chi connectivity index (χ0n) is 11.4. The first kappa shape index (κ1) is 20.3. The van der Waals surface area contributed by atoms with Crippen LogP contribution in [0.2, 0.25) is 0 Å².